The Morgan fingerprint density at radius 2 is 2.25 bits per heavy atom. The molecule has 3 rings (SSSR count). The van der Waals surface area contributed by atoms with Crippen LogP contribution in [0.15, 0.2) is 18.5 Å². The second kappa shape index (κ2) is 5.48. The number of fused-ring (bicyclic) bond motifs is 1. The third-order valence-corrected chi connectivity index (χ3v) is 3.93. The number of rotatable bonds is 2. The molecule has 2 aromatic heterocycles. The van der Waals surface area contributed by atoms with Crippen LogP contribution >= 0.6 is 0 Å². The summed E-state index contributed by atoms with van der Waals surface area (Å²) in [7, 11) is 0. The quantitative estimate of drug-likeness (QED) is 0.786. The summed E-state index contributed by atoms with van der Waals surface area (Å²) in [5.74, 6) is 1.01. The van der Waals surface area contributed by atoms with Crippen molar-refractivity contribution in [3.05, 3.63) is 18.5 Å². The Bertz CT molecular complexity index is 608. The van der Waals surface area contributed by atoms with Gasteiger partial charge < -0.3 is 10.3 Å². The van der Waals surface area contributed by atoms with Crippen molar-refractivity contribution in [2.45, 2.75) is 38.6 Å². The summed E-state index contributed by atoms with van der Waals surface area (Å²) in [6.45, 7) is 2.19. The number of aromatic amines is 1. The van der Waals surface area contributed by atoms with Crippen molar-refractivity contribution in [3.63, 3.8) is 0 Å². The number of anilines is 1. The number of hydrogen-bond acceptors (Lipinski definition) is 3. The molecule has 0 unspecified atom stereocenters. The molecule has 1 fully saturated rings. The van der Waals surface area contributed by atoms with Gasteiger partial charge in [0, 0.05) is 12.2 Å². The molecule has 2 heterocycles. The summed E-state index contributed by atoms with van der Waals surface area (Å²) >= 11 is 0. The smallest absolute Gasteiger partial charge is 0.320 e. The summed E-state index contributed by atoms with van der Waals surface area (Å²) in [6.07, 6.45) is 8.01. The second-order valence-electron chi connectivity index (χ2n) is 5.43. The first kappa shape index (κ1) is 12.9. The van der Waals surface area contributed by atoms with Crippen molar-refractivity contribution in [2.24, 2.45) is 5.92 Å². The van der Waals surface area contributed by atoms with Gasteiger partial charge in [-0.1, -0.05) is 19.8 Å². The molecule has 1 saturated carbocycles. The van der Waals surface area contributed by atoms with Gasteiger partial charge in [0.1, 0.15) is 5.52 Å². The van der Waals surface area contributed by atoms with Crippen LogP contribution in [-0.2, 0) is 0 Å². The molecule has 6 heteroatoms. The van der Waals surface area contributed by atoms with Gasteiger partial charge in [0.05, 0.1) is 6.20 Å². The number of aromatic nitrogens is 3. The number of H-pyrrole nitrogens is 1. The van der Waals surface area contributed by atoms with Crippen LogP contribution in [0.2, 0.25) is 0 Å². The maximum atomic E-state index is 12.0. The number of carbonyl (C=O) groups is 1. The van der Waals surface area contributed by atoms with E-state index in [0.717, 1.165) is 17.6 Å². The molecule has 2 amide bonds. The summed E-state index contributed by atoms with van der Waals surface area (Å²) < 4.78 is 0. The Morgan fingerprint density at radius 1 is 1.40 bits per heavy atom. The molecule has 6 nitrogen and oxygen atoms in total. The van der Waals surface area contributed by atoms with E-state index in [0.29, 0.717) is 11.7 Å². The van der Waals surface area contributed by atoms with E-state index < -0.39 is 0 Å². The van der Waals surface area contributed by atoms with Gasteiger partial charge >= 0.3 is 6.03 Å². The summed E-state index contributed by atoms with van der Waals surface area (Å²) in [4.78, 5) is 23.5. The molecule has 1 aliphatic rings. The lowest BCUT2D eigenvalue weighted by Gasteiger charge is -2.29. The Morgan fingerprint density at radius 3 is 3.10 bits per heavy atom. The van der Waals surface area contributed by atoms with Crippen LogP contribution < -0.4 is 10.6 Å². The molecule has 0 aromatic carbocycles. The first-order chi connectivity index (χ1) is 9.72. The van der Waals surface area contributed by atoms with Crippen LogP contribution in [0.1, 0.15) is 32.6 Å². The molecular weight excluding hydrogens is 254 g/mol. The van der Waals surface area contributed by atoms with Gasteiger partial charge in [-0.15, -0.1) is 0 Å². The molecule has 20 heavy (non-hydrogen) atoms. The zero-order chi connectivity index (χ0) is 13.9. The Labute approximate surface area is 117 Å². The molecule has 106 valence electrons. The lowest BCUT2D eigenvalue weighted by Crippen LogP contribution is -2.43. The fourth-order valence-electron chi connectivity index (χ4n) is 2.74. The average molecular weight is 273 g/mol. The van der Waals surface area contributed by atoms with Gasteiger partial charge in [0.2, 0.25) is 0 Å². The maximum absolute atomic E-state index is 12.0. The van der Waals surface area contributed by atoms with Gasteiger partial charge in [-0.2, -0.15) is 0 Å². The van der Waals surface area contributed by atoms with Crippen molar-refractivity contribution in [1.82, 2.24) is 20.3 Å². The fraction of sp³-hybridized carbons (Fsp3) is 0.500. The van der Waals surface area contributed by atoms with Crippen LogP contribution in [0, 0.1) is 5.92 Å². The van der Waals surface area contributed by atoms with E-state index in [2.05, 4.69) is 32.5 Å². The molecule has 2 aromatic rings. The minimum absolute atomic E-state index is 0.201. The number of amides is 2. The largest absolute Gasteiger partial charge is 0.345 e. The second-order valence-corrected chi connectivity index (χ2v) is 5.43. The van der Waals surface area contributed by atoms with Gasteiger partial charge in [-0.3, -0.25) is 5.32 Å². The van der Waals surface area contributed by atoms with Crippen molar-refractivity contribution in [3.8, 4) is 0 Å². The lowest BCUT2D eigenvalue weighted by atomic mass is 9.86. The van der Waals surface area contributed by atoms with E-state index in [-0.39, 0.29) is 12.1 Å². The van der Waals surface area contributed by atoms with Crippen LogP contribution in [0.25, 0.3) is 11.2 Å². The zero-order valence-corrected chi connectivity index (χ0v) is 11.5. The highest BCUT2D eigenvalue weighted by molar-refractivity contribution is 5.89. The van der Waals surface area contributed by atoms with E-state index in [1.165, 1.54) is 19.3 Å². The molecule has 0 aliphatic heterocycles. The first-order valence-electron chi connectivity index (χ1n) is 7.10. The number of nitrogens with zero attached hydrogens (tertiary/aromatic N) is 2. The highest BCUT2D eigenvalue weighted by Crippen LogP contribution is 2.23. The minimum Gasteiger partial charge on any atom is -0.345 e. The summed E-state index contributed by atoms with van der Waals surface area (Å²) in [5, 5.41) is 5.79. The predicted octanol–water partition coefficient (Wildman–Crippen LogP) is 2.66. The molecule has 0 spiro atoms. The lowest BCUT2D eigenvalue weighted by molar-refractivity contribution is 0.232. The van der Waals surface area contributed by atoms with Crippen molar-refractivity contribution >= 4 is 23.0 Å². The van der Waals surface area contributed by atoms with Crippen LogP contribution in [0.3, 0.4) is 0 Å². The zero-order valence-electron chi connectivity index (χ0n) is 11.5. The number of urea groups is 1. The van der Waals surface area contributed by atoms with Gasteiger partial charge in [-0.05, 0) is 24.8 Å². The van der Waals surface area contributed by atoms with Crippen molar-refractivity contribution in [1.29, 1.82) is 0 Å². The summed E-state index contributed by atoms with van der Waals surface area (Å²) in [5.41, 5.74) is 1.46. The van der Waals surface area contributed by atoms with E-state index in [4.69, 9.17) is 0 Å². The topological polar surface area (TPSA) is 82.7 Å². The first-order valence-corrected chi connectivity index (χ1v) is 7.10. The molecule has 0 saturated heterocycles. The third-order valence-electron chi connectivity index (χ3n) is 3.93. The Kier molecular flexibility index (Phi) is 3.54. The molecule has 0 bridgehead atoms. The fourth-order valence-corrected chi connectivity index (χ4v) is 2.74. The van der Waals surface area contributed by atoms with Crippen LogP contribution in [-0.4, -0.2) is 27.0 Å². The van der Waals surface area contributed by atoms with Gasteiger partial charge in [0.15, 0.2) is 11.5 Å². The monoisotopic (exact) mass is 273 g/mol. The molecule has 0 radical (unpaired) electrons. The van der Waals surface area contributed by atoms with Crippen LogP contribution in [0.4, 0.5) is 10.6 Å². The molecule has 3 N–H and O–H groups in total. The SMILES string of the molecule is C[C@H]1CCCC[C@@H]1NC(=O)Nc1cnc2[nH]ccc2n1. The maximum Gasteiger partial charge on any atom is 0.320 e. The number of carbonyl (C=O) groups excluding carboxylic acids is 1. The molecule has 2 atom stereocenters. The van der Waals surface area contributed by atoms with E-state index >= 15 is 0 Å². The van der Waals surface area contributed by atoms with E-state index in [1.54, 1.807) is 12.4 Å². The van der Waals surface area contributed by atoms with Gasteiger partial charge in [0.25, 0.3) is 0 Å². The summed E-state index contributed by atoms with van der Waals surface area (Å²) in [6, 6.07) is 1.88. The minimum atomic E-state index is -0.201. The molecular formula is C14H19N5O. The van der Waals surface area contributed by atoms with Crippen molar-refractivity contribution in [2.75, 3.05) is 5.32 Å². The van der Waals surface area contributed by atoms with E-state index in [1.807, 2.05) is 6.07 Å². The average Bonchev–Trinajstić information content (AvgIpc) is 2.89. The Balaban J connectivity index is 1.63. The number of hydrogen-bond donors (Lipinski definition) is 3. The standard InChI is InChI=1S/C14H19N5O/c1-9-4-2-3-5-10(9)18-14(20)19-12-8-16-13-11(17-12)6-7-15-13/h6-10H,2-5H2,1H3,(H,15,16)(H2,17,18,19,20)/t9-,10-/m0/s1. The predicted molar refractivity (Wildman–Crippen MR) is 77.5 cm³/mol. The molecule has 1 aliphatic carbocycles. The van der Waals surface area contributed by atoms with Crippen molar-refractivity contribution < 1.29 is 4.79 Å². The van der Waals surface area contributed by atoms with Crippen LogP contribution in [0.5, 0.6) is 0 Å². The third kappa shape index (κ3) is 2.74. The normalized spacial score (nSPS) is 22.6. The van der Waals surface area contributed by atoms with E-state index in [9.17, 15) is 4.79 Å². The Hall–Kier alpha value is -2.11. The highest BCUT2D eigenvalue weighted by Gasteiger charge is 2.22. The highest BCUT2D eigenvalue weighted by atomic mass is 16.2. The number of nitrogens with one attached hydrogen (secondary N) is 3. The van der Waals surface area contributed by atoms with Gasteiger partial charge in [-0.25, -0.2) is 14.8 Å².